The van der Waals surface area contributed by atoms with E-state index in [1.807, 2.05) is 61.7 Å². The summed E-state index contributed by atoms with van der Waals surface area (Å²) in [6, 6.07) is 13.8. The zero-order chi connectivity index (χ0) is 26.5. The molecule has 2 aromatic carbocycles. The highest BCUT2D eigenvalue weighted by Crippen LogP contribution is 2.42. The largest absolute Gasteiger partial charge is 0.497 e. The van der Waals surface area contributed by atoms with Crippen LogP contribution in [0.15, 0.2) is 71.2 Å². The summed E-state index contributed by atoms with van der Waals surface area (Å²) in [6.45, 7) is 2.86. The first-order chi connectivity index (χ1) is 18.6. The number of aliphatic hydroxyl groups is 1. The second kappa shape index (κ2) is 11.8. The Morgan fingerprint density at radius 1 is 1.18 bits per heavy atom. The van der Waals surface area contributed by atoms with Crippen LogP contribution in [-0.4, -0.2) is 49.2 Å². The van der Waals surface area contributed by atoms with Gasteiger partial charge in [-0.15, -0.1) is 0 Å². The highest BCUT2D eigenvalue weighted by atomic mass is 16.7. The van der Waals surface area contributed by atoms with Gasteiger partial charge in [-0.25, -0.2) is 0 Å². The molecule has 1 aliphatic heterocycles. The topological polar surface area (TPSA) is 106 Å². The zero-order valence-corrected chi connectivity index (χ0v) is 21.7. The third-order valence-electron chi connectivity index (χ3n) is 7.16. The van der Waals surface area contributed by atoms with Crippen molar-refractivity contribution in [2.45, 2.75) is 38.4 Å². The van der Waals surface area contributed by atoms with Crippen LogP contribution in [0.3, 0.4) is 0 Å². The van der Waals surface area contributed by atoms with E-state index in [0.717, 1.165) is 38.7 Å². The maximum Gasteiger partial charge on any atom is 0.286 e. The molecule has 0 saturated heterocycles. The van der Waals surface area contributed by atoms with Gasteiger partial charge in [-0.2, -0.15) is 0 Å². The lowest BCUT2D eigenvalue weighted by molar-refractivity contribution is -0.166. The summed E-state index contributed by atoms with van der Waals surface area (Å²) in [4.78, 5) is 16.6. The number of benzene rings is 2. The Morgan fingerprint density at radius 3 is 2.87 bits per heavy atom. The van der Waals surface area contributed by atoms with Crippen LogP contribution in [0.2, 0.25) is 0 Å². The number of hydrogen-bond acceptors (Lipinski definition) is 6. The van der Waals surface area contributed by atoms with Crippen molar-refractivity contribution in [3.8, 4) is 5.75 Å². The maximum absolute atomic E-state index is 13.3. The minimum absolute atomic E-state index is 0.0744. The molecule has 1 amide bonds. The summed E-state index contributed by atoms with van der Waals surface area (Å²) in [5, 5.41) is 14.6. The number of amides is 1. The quantitative estimate of drug-likeness (QED) is 0.257. The first-order valence-corrected chi connectivity index (χ1v) is 13.1. The standard InChI is InChI=1S/C30H34N2O6/c1-3-36-30-22(8-6-14-33)24(25-18-37-27-9-5-4-7-21(25)27)16-28(38-30)29(34)31-13-12-19-17-32-26-11-10-20(35-2)15-23(19)26/h4-5,7,9-11,15-18,22,24,30,32-33H,3,6,8,12-14H2,1-2H3,(H,31,34)/t22-,24+,30-/m0/s1. The lowest BCUT2D eigenvalue weighted by Crippen LogP contribution is -2.39. The van der Waals surface area contributed by atoms with Crippen molar-refractivity contribution in [3.63, 3.8) is 0 Å². The normalized spacial score (nSPS) is 19.3. The van der Waals surface area contributed by atoms with E-state index < -0.39 is 6.29 Å². The van der Waals surface area contributed by atoms with Crippen molar-refractivity contribution in [2.75, 3.05) is 26.9 Å². The molecule has 38 heavy (non-hydrogen) atoms. The van der Waals surface area contributed by atoms with Gasteiger partial charge in [-0.1, -0.05) is 18.2 Å². The van der Waals surface area contributed by atoms with Crippen LogP contribution in [0.4, 0.5) is 0 Å². The molecule has 0 unspecified atom stereocenters. The maximum atomic E-state index is 13.3. The summed E-state index contributed by atoms with van der Waals surface area (Å²) in [7, 11) is 1.65. The van der Waals surface area contributed by atoms with Crippen LogP contribution >= 0.6 is 0 Å². The summed E-state index contributed by atoms with van der Waals surface area (Å²) >= 11 is 0. The highest BCUT2D eigenvalue weighted by molar-refractivity contribution is 5.92. The number of nitrogens with one attached hydrogen (secondary N) is 2. The number of H-pyrrole nitrogens is 1. The predicted molar refractivity (Wildman–Crippen MR) is 145 cm³/mol. The molecule has 0 bridgehead atoms. The number of para-hydroxylation sites is 1. The molecule has 5 rings (SSSR count). The fourth-order valence-electron chi connectivity index (χ4n) is 5.27. The molecule has 8 heteroatoms. The molecule has 0 radical (unpaired) electrons. The van der Waals surface area contributed by atoms with Gasteiger partial charge in [0.05, 0.1) is 13.4 Å². The second-order valence-electron chi connectivity index (χ2n) is 9.45. The van der Waals surface area contributed by atoms with Gasteiger partial charge in [-0.3, -0.25) is 4.79 Å². The number of aliphatic hydroxyl groups excluding tert-OH is 1. The molecule has 8 nitrogen and oxygen atoms in total. The Bertz CT molecular complexity index is 1420. The van der Waals surface area contributed by atoms with Crippen LogP contribution in [0, 0.1) is 5.92 Å². The lowest BCUT2D eigenvalue weighted by atomic mass is 9.80. The third-order valence-corrected chi connectivity index (χ3v) is 7.16. The van der Waals surface area contributed by atoms with E-state index in [9.17, 15) is 9.90 Å². The summed E-state index contributed by atoms with van der Waals surface area (Å²) in [5.74, 6) is 0.488. The number of fused-ring (bicyclic) bond motifs is 2. The van der Waals surface area contributed by atoms with Gasteiger partial charge in [-0.05, 0) is 62.1 Å². The molecule has 2 aromatic heterocycles. The number of methoxy groups -OCH3 is 1. The Labute approximate surface area is 221 Å². The average molecular weight is 519 g/mol. The van der Waals surface area contributed by atoms with Crippen molar-refractivity contribution in [1.82, 2.24) is 10.3 Å². The molecule has 0 fully saturated rings. The van der Waals surface area contributed by atoms with E-state index in [1.54, 1.807) is 13.4 Å². The Balaban J connectivity index is 1.37. The minimum atomic E-state index is -0.614. The second-order valence-corrected chi connectivity index (χ2v) is 9.45. The lowest BCUT2D eigenvalue weighted by Gasteiger charge is -2.36. The van der Waals surface area contributed by atoms with Gasteiger partial charge >= 0.3 is 0 Å². The van der Waals surface area contributed by atoms with Crippen LogP contribution in [0.1, 0.15) is 36.8 Å². The number of allylic oxidation sites excluding steroid dienone is 1. The number of aromatic amines is 1. The Morgan fingerprint density at radius 2 is 2.05 bits per heavy atom. The van der Waals surface area contributed by atoms with Gasteiger partial charge in [0, 0.05) is 59.6 Å². The molecular weight excluding hydrogens is 484 g/mol. The van der Waals surface area contributed by atoms with Crippen molar-refractivity contribution in [2.24, 2.45) is 5.92 Å². The molecular formula is C30H34N2O6. The molecule has 0 saturated carbocycles. The van der Waals surface area contributed by atoms with Crippen LogP contribution in [0.5, 0.6) is 5.75 Å². The molecule has 4 aromatic rings. The first-order valence-electron chi connectivity index (χ1n) is 13.1. The average Bonchev–Trinajstić information content (AvgIpc) is 3.56. The monoisotopic (exact) mass is 518 g/mol. The molecule has 0 spiro atoms. The third kappa shape index (κ3) is 5.28. The number of carbonyl (C=O) groups excluding carboxylic acids is 1. The smallest absolute Gasteiger partial charge is 0.286 e. The summed E-state index contributed by atoms with van der Waals surface area (Å²) in [6.07, 6.45) is 6.92. The molecule has 0 aliphatic carbocycles. The number of furan rings is 1. The first kappa shape index (κ1) is 25.9. The van der Waals surface area contributed by atoms with Crippen molar-refractivity contribution in [1.29, 1.82) is 0 Å². The number of aromatic nitrogens is 1. The minimum Gasteiger partial charge on any atom is -0.497 e. The van der Waals surface area contributed by atoms with Crippen molar-refractivity contribution < 1.29 is 28.5 Å². The highest BCUT2D eigenvalue weighted by Gasteiger charge is 2.39. The van der Waals surface area contributed by atoms with Crippen LogP contribution in [-0.2, 0) is 20.7 Å². The van der Waals surface area contributed by atoms with Gasteiger partial charge < -0.3 is 34.0 Å². The van der Waals surface area contributed by atoms with E-state index in [4.69, 9.17) is 18.6 Å². The van der Waals surface area contributed by atoms with E-state index in [-0.39, 0.29) is 30.1 Å². The van der Waals surface area contributed by atoms with Gasteiger partial charge in [0.15, 0.2) is 5.76 Å². The number of carbonyl (C=O) groups is 1. The molecule has 3 heterocycles. The number of hydrogen-bond donors (Lipinski definition) is 3. The fraction of sp³-hybridized carbons (Fsp3) is 0.367. The van der Waals surface area contributed by atoms with Gasteiger partial charge in [0.1, 0.15) is 11.3 Å². The summed E-state index contributed by atoms with van der Waals surface area (Å²) in [5.41, 5.74) is 3.89. The van der Waals surface area contributed by atoms with Crippen LogP contribution in [0.25, 0.3) is 21.9 Å². The molecule has 3 N–H and O–H groups in total. The van der Waals surface area contributed by atoms with E-state index in [0.29, 0.717) is 32.4 Å². The Hall–Kier alpha value is -3.75. The van der Waals surface area contributed by atoms with E-state index in [2.05, 4.69) is 10.3 Å². The van der Waals surface area contributed by atoms with Crippen LogP contribution < -0.4 is 10.1 Å². The van der Waals surface area contributed by atoms with Crippen molar-refractivity contribution >= 4 is 27.8 Å². The zero-order valence-electron chi connectivity index (χ0n) is 21.7. The van der Waals surface area contributed by atoms with E-state index in [1.165, 1.54) is 0 Å². The SMILES string of the molecule is CCO[C@H]1OC(C(=O)NCCc2c[nH]c3ccc(OC)cc23)=C[C@@H](c2coc3ccccc23)[C@@H]1CCCO. The Kier molecular flexibility index (Phi) is 8.00. The fourth-order valence-corrected chi connectivity index (χ4v) is 5.27. The summed E-state index contributed by atoms with van der Waals surface area (Å²) < 4.78 is 23.3. The number of rotatable bonds is 11. The van der Waals surface area contributed by atoms with Gasteiger partial charge in [0.2, 0.25) is 6.29 Å². The molecule has 3 atom stereocenters. The van der Waals surface area contributed by atoms with Crippen molar-refractivity contribution in [3.05, 3.63) is 77.9 Å². The molecule has 200 valence electrons. The predicted octanol–water partition coefficient (Wildman–Crippen LogP) is 5.03. The number of ether oxygens (including phenoxy) is 3. The van der Waals surface area contributed by atoms with Gasteiger partial charge in [0.25, 0.3) is 5.91 Å². The van der Waals surface area contributed by atoms with E-state index >= 15 is 0 Å². The molecule has 1 aliphatic rings.